The minimum atomic E-state index is 0.731. The van der Waals surface area contributed by atoms with Crippen LogP contribution in [-0.2, 0) is 0 Å². The van der Waals surface area contributed by atoms with Crippen molar-refractivity contribution < 1.29 is 0 Å². The summed E-state index contributed by atoms with van der Waals surface area (Å²) < 4.78 is 0. The van der Waals surface area contributed by atoms with Gasteiger partial charge in [0, 0.05) is 6.54 Å². The van der Waals surface area contributed by atoms with E-state index in [1.54, 1.807) is 0 Å². The van der Waals surface area contributed by atoms with Gasteiger partial charge in [0.05, 0.1) is 0 Å². The molecule has 0 aromatic rings. The highest BCUT2D eigenvalue weighted by atomic mass is 14.8. The SMILES string of the molecule is CNC[C@@H]1CC=CC=C1C. The van der Waals surface area contributed by atoms with Crippen molar-refractivity contribution in [2.24, 2.45) is 5.92 Å². The Hall–Kier alpha value is -0.560. The van der Waals surface area contributed by atoms with Gasteiger partial charge in [0.15, 0.2) is 0 Å². The van der Waals surface area contributed by atoms with E-state index in [9.17, 15) is 0 Å². The molecule has 1 rings (SSSR count). The molecule has 1 N–H and O–H groups in total. The molecule has 56 valence electrons. The lowest BCUT2D eigenvalue weighted by Gasteiger charge is -2.17. The molecule has 0 heterocycles. The van der Waals surface area contributed by atoms with Gasteiger partial charge in [-0.15, -0.1) is 0 Å². The third kappa shape index (κ3) is 1.71. The molecule has 0 bridgehead atoms. The Morgan fingerprint density at radius 2 is 2.50 bits per heavy atom. The Bertz CT molecular complexity index is 156. The van der Waals surface area contributed by atoms with Crippen molar-refractivity contribution in [2.75, 3.05) is 13.6 Å². The van der Waals surface area contributed by atoms with E-state index in [0.717, 1.165) is 12.5 Å². The molecule has 0 amide bonds. The average molecular weight is 137 g/mol. The first-order chi connectivity index (χ1) is 4.84. The fourth-order valence-corrected chi connectivity index (χ4v) is 1.28. The molecule has 0 saturated carbocycles. The van der Waals surface area contributed by atoms with Crippen LogP contribution in [0.4, 0.5) is 0 Å². The molecular formula is C9H15N. The Labute approximate surface area is 62.8 Å². The molecule has 0 aliphatic heterocycles. The maximum atomic E-state index is 3.19. The monoisotopic (exact) mass is 137 g/mol. The minimum absolute atomic E-state index is 0.731. The lowest BCUT2D eigenvalue weighted by Crippen LogP contribution is -2.20. The molecule has 1 heteroatoms. The van der Waals surface area contributed by atoms with Crippen LogP contribution in [0.15, 0.2) is 23.8 Å². The smallest absolute Gasteiger partial charge is 0.00168 e. The van der Waals surface area contributed by atoms with Crippen LogP contribution in [0.25, 0.3) is 0 Å². The van der Waals surface area contributed by atoms with Crippen molar-refractivity contribution in [2.45, 2.75) is 13.3 Å². The van der Waals surface area contributed by atoms with Crippen LogP contribution in [0.1, 0.15) is 13.3 Å². The Kier molecular flexibility index (Phi) is 2.69. The van der Waals surface area contributed by atoms with Gasteiger partial charge in [-0.1, -0.05) is 23.8 Å². The summed E-state index contributed by atoms with van der Waals surface area (Å²) in [5.41, 5.74) is 1.50. The van der Waals surface area contributed by atoms with E-state index in [0.29, 0.717) is 0 Å². The quantitative estimate of drug-likeness (QED) is 0.611. The maximum absolute atomic E-state index is 3.19. The number of rotatable bonds is 2. The summed E-state index contributed by atoms with van der Waals surface area (Å²) in [5.74, 6) is 0.731. The zero-order valence-electron chi connectivity index (χ0n) is 6.72. The lowest BCUT2D eigenvalue weighted by molar-refractivity contribution is 0.571. The van der Waals surface area contributed by atoms with Crippen LogP contribution in [0.5, 0.6) is 0 Å². The van der Waals surface area contributed by atoms with Gasteiger partial charge in [0.25, 0.3) is 0 Å². The molecule has 0 aromatic heterocycles. The van der Waals surface area contributed by atoms with Crippen molar-refractivity contribution in [1.29, 1.82) is 0 Å². The molecule has 1 atom stereocenters. The van der Waals surface area contributed by atoms with Crippen LogP contribution in [0, 0.1) is 5.92 Å². The van der Waals surface area contributed by atoms with Gasteiger partial charge >= 0.3 is 0 Å². The van der Waals surface area contributed by atoms with Crippen molar-refractivity contribution >= 4 is 0 Å². The van der Waals surface area contributed by atoms with Crippen molar-refractivity contribution in [3.63, 3.8) is 0 Å². The van der Waals surface area contributed by atoms with E-state index < -0.39 is 0 Å². The van der Waals surface area contributed by atoms with E-state index in [1.165, 1.54) is 12.0 Å². The Balaban J connectivity index is 2.47. The van der Waals surface area contributed by atoms with Crippen molar-refractivity contribution in [1.82, 2.24) is 5.32 Å². The first-order valence-corrected chi connectivity index (χ1v) is 3.82. The highest BCUT2D eigenvalue weighted by Crippen LogP contribution is 2.18. The van der Waals surface area contributed by atoms with Crippen LogP contribution in [0.2, 0.25) is 0 Å². The number of hydrogen-bond donors (Lipinski definition) is 1. The van der Waals surface area contributed by atoms with E-state index in [-0.39, 0.29) is 0 Å². The van der Waals surface area contributed by atoms with E-state index in [2.05, 4.69) is 30.5 Å². The highest BCUT2D eigenvalue weighted by Gasteiger charge is 2.08. The minimum Gasteiger partial charge on any atom is -0.319 e. The predicted octanol–water partition coefficient (Wildman–Crippen LogP) is 1.73. The second-order valence-electron chi connectivity index (χ2n) is 2.83. The molecule has 0 radical (unpaired) electrons. The van der Waals surface area contributed by atoms with Gasteiger partial charge in [-0.25, -0.2) is 0 Å². The summed E-state index contributed by atoms with van der Waals surface area (Å²) >= 11 is 0. The van der Waals surface area contributed by atoms with Crippen LogP contribution >= 0.6 is 0 Å². The highest BCUT2D eigenvalue weighted by molar-refractivity contribution is 5.19. The third-order valence-electron chi connectivity index (χ3n) is 2.01. The number of hydrogen-bond acceptors (Lipinski definition) is 1. The molecule has 1 aliphatic rings. The standard InChI is InChI=1S/C9H15N/c1-8-5-3-4-6-9(8)7-10-2/h3-5,9-10H,6-7H2,1-2H3/t9-/m0/s1. The lowest BCUT2D eigenvalue weighted by atomic mass is 9.93. The first-order valence-electron chi connectivity index (χ1n) is 3.82. The Morgan fingerprint density at radius 1 is 1.70 bits per heavy atom. The normalized spacial score (nSPS) is 24.6. The number of allylic oxidation sites excluding steroid dienone is 3. The summed E-state index contributed by atoms with van der Waals surface area (Å²) in [6, 6.07) is 0. The molecule has 0 unspecified atom stereocenters. The summed E-state index contributed by atoms with van der Waals surface area (Å²) in [5, 5.41) is 3.19. The molecule has 0 spiro atoms. The van der Waals surface area contributed by atoms with Crippen molar-refractivity contribution in [3.8, 4) is 0 Å². The molecule has 0 fully saturated rings. The predicted molar refractivity (Wildman–Crippen MR) is 44.9 cm³/mol. The fourth-order valence-electron chi connectivity index (χ4n) is 1.28. The second-order valence-corrected chi connectivity index (χ2v) is 2.83. The van der Waals surface area contributed by atoms with Gasteiger partial charge < -0.3 is 5.32 Å². The van der Waals surface area contributed by atoms with Gasteiger partial charge in [0.2, 0.25) is 0 Å². The summed E-state index contributed by atoms with van der Waals surface area (Å²) in [4.78, 5) is 0. The van der Waals surface area contributed by atoms with Gasteiger partial charge in [0.1, 0.15) is 0 Å². The van der Waals surface area contributed by atoms with E-state index in [4.69, 9.17) is 0 Å². The van der Waals surface area contributed by atoms with Gasteiger partial charge in [-0.2, -0.15) is 0 Å². The largest absolute Gasteiger partial charge is 0.319 e. The third-order valence-corrected chi connectivity index (χ3v) is 2.01. The van der Waals surface area contributed by atoms with Gasteiger partial charge in [-0.3, -0.25) is 0 Å². The Morgan fingerprint density at radius 3 is 3.10 bits per heavy atom. The summed E-state index contributed by atoms with van der Waals surface area (Å²) in [7, 11) is 2.01. The molecule has 1 aliphatic carbocycles. The number of nitrogens with one attached hydrogen (secondary N) is 1. The zero-order chi connectivity index (χ0) is 7.40. The maximum Gasteiger partial charge on any atom is 0.00168 e. The molecule has 0 saturated heterocycles. The molecular weight excluding hydrogens is 122 g/mol. The van der Waals surface area contributed by atoms with E-state index in [1.807, 2.05) is 7.05 Å². The molecule has 10 heavy (non-hydrogen) atoms. The summed E-state index contributed by atoms with van der Waals surface area (Å²) in [6.07, 6.45) is 7.77. The molecule has 1 nitrogen and oxygen atoms in total. The fraction of sp³-hybridized carbons (Fsp3) is 0.556. The zero-order valence-corrected chi connectivity index (χ0v) is 6.72. The van der Waals surface area contributed by atoms with Crippen molar-refractivity contribution in [3.05, 3.63) is 23.8 Å². The summed E-state index contributed by atoms with van der Waals surface area (Å²) in [6.45, 7) is 3.30. The average Bonchev–Trinajstić information content (AvgIpc) is 1.94. The second kappa shape index (κ2) is 3.57. The van der Waals surface area contributed by atoms with E-state index >= 15 is 0 Å². The molecule has 0 aromatic carbocycles. The first kappa shape index (κ1) is 7.55. The topological polar surface area (TPSA) is 12.0 Å². The van der Waals surface area contributed by atoms with Gasteiger partial charge in [-0.05, 0) is 26.3 Å². The van der Waals surface area contributed by atoms with Crippen LogP contribution in [0.3, 0.4) is 0 Å². The van der Waals surface area contributed by atoms with Crippen LogP contribution < -0.4 is 5.32 Å². The van der Waals surface area contributed by atoms with Crippen LogP contribution in [-0.4, -0.2) is 13.6 Å².